The highest BCUT2D eigenvalue weighted by Crippen LogP contribution is 2.49. The summed E-state index contributed by atoms with van der Waals surface area (Å²) in [6.45, 7) is 8.60. The summed E-state index contributed by atoms with van der Waals surface area (Å²) in [6, 6.07) is 53.1. The molecule has 2 aromatic heterocycles. The number of hydrogen-bond acceptors (Lipinski definition) is 5. The van der Waals surface area contributed by atoms with Gasteiger partial charge in [0.05, 0.1) is 0 Å². The van der Waals surface area contributed by atoms with Crippen LogP contribution in [0.15, 0.2) is 152 Å². The molecule has 0 fully saturated rings. The molecule has 0 saturated heterocycles. The van der Waals surface area contributed by atoms with Gasteiger partial charge in [-0.05, 0) is 70.5 Å². The second kappa shape index (κ2) is 12.9. The maximum Gasteiger partial charge on any atom is 0.164 e. The summed E-state index contributed by atoms with van der Waals surface area (Å²) in [4.78, 5) is 24.5. The van der Waals surface area contributed by atoms with Crippen LogP contribution >= 0.6 is 0 Å². The van der Waals surface area contributed by atoms with Crippen molar-refractivity contribution in [2.45, 2.75) is 33.1 Å². The van der Waals surface area contributed by atoms with E-state index < -0.39 is 0 Å². The highest BCUT2D eigenvalue weighted by atomic mass is 15.0. The van der Waals surface area contributed by atoms with E-state index in [1.165, 1.54) is 27.8 Å². The fourth-order valence-electron chi connectivity index (χ4n) is 7.53. The largest absolute Gasteiger partial charge is 0.233 e. The first-order valence-corrected chi connectivity index (χ1v) is 18.0. The third-order valence-corrected chi connectivity index (χ3v) is 10.3. The summed E-state index contributed by atoms with van der Waals surface area (Å²) in [7, 11) is 0. The number of rotatable bonds is 6. The number of aromatic nitrogens is 5. The second-order valence-corrected chi connectivity index (χ2v) is 14.3. The van der Waals surface area contributed by atoms with Gasteiger partial charge in [0, 0.05) is 39.1 Å². The molecular formula is C48H37N5. The van der Waals surface area contributed by atoms with Crippen LogP contribution < -0.4 is 0 Å². The molecule has 6 aromatic carbocycles. The molecule has 0 aliphatic heterocycles. The van der Waals surface area contributed by atoms with Gasteiger partial charge in [-0.25, -0.2) is 24.9 Å². The minimum absolute atomic E-state index is 0.131. The quantitative estimate of drug-likeness (QED) is 0.175. The highest BCUT2D eigenvalue weighted by molar-refractivity contribution is 5.83. The summed E-state index contributed by atoms with van der Waals surface area (Å²) in [5.74, 6) is 2.67. The van der Waals surface area contributed by atoms with Gasteiger partial charge in [-0.3, -0.25) is 0 Å². The van der Waals surface area contributed by atoms with Gasteiger partial charge in [0.1, 0.15) is 0 Å². The van der Waals surface area contributed by atoms with Crippen molar-refractivity contribution in [2.75, 3.05) is 0 Å². The lowest BCUT2D eigenvalue weighted by molar-refractivity contribution is 0.660. The average Bonchev–Trinajstić information content (AvgIpc) is 3.43. The molecule has 0 unspecified atom stereocenters. The standard InChI is InChI=1S/C48H37N5/c1-30-28-31(2)50-44(49-30)36-20-16-34(17-21-36)35-18-24-38(25-19-35)46-51-45(37-22-14-33(15-23-37)32-10-6-5-7-11-32)52-47(53-46)39-26-27-41-40-12-8-9-13-42(40)48(3,4)43(41)29-39/h5-29H,1-4H3. The van der Waals surface area contributed by atoms with Crippen molar-refractivity contribution in [3.05, 3.63) is 174 Å². The Balaban J connectivity index is 1.09. The predicted octanol–water partition coefficient (Wildman–Crippen LogP) is 11.6. The molecule has 0 spiro atoms. The van der Waals surface area contributed by atoms with Crippen molar-refractivity contribution in [1.29, 1.82) is 0 Å². The van der Waals surface area contributed by atoms with Gasteiger partial charge in [-0.2, -0.15) is 0 Å². The molecule has 5 heteroatoms. The molecular weight excluding hydrogens is 647 g/mol. The lowest BCUT2D eigenvalue weighted by Crippen LogP contribution is -2.15. The van der Waals surface area contributed by atoms with Crippen molar-refractivity contribution in [1.82, 2.24) is 24.9 Å². The van der Waals surface area contributed by atoms with E-state index in [1.807, 2.05) is 26.0 Å². The smallest absolute Gasteiger partial charge is 0.164 e. The molecule has 0 amide bonds. The second-order valence-electron chi connectivity index (χ2n) is 14.3. The molecule has 0 N–H and O–H groups in total. The van der Waals surface area contributed by atoms with Crippen LogP contribution in [0.1, 0.15) is 36.4 Å². The monoisotopic (exact) mass is 683 g/mol. The molecule has 53 heavy (non-hydrogen) atoms. The lowest BCUT2D eigenvalue weighted by Gasteiger charge is -2.21. The van der Waals surface area contributed by atoms with Gasteiger partial charge in [-0.15, -0.1) is 0 Å². The van der Waals surface area contributed by atoms with E-state index in [0.29, 0.717) is 17.5 Å². The molecule has 1 aliphatic carbocycles. The van der Waals surface area contributed by atoms with Crippen molar-refractivity contribution in [2.24, 2.45) is 0 Å². The third kappa shape index (κ3) is 6.00. The van der Waals surface area contributed by atoms with Crippen molar-refractivity contribution < 1.29 is 0 Å². The SMILES string of the molecule is Cc1cc(C)nc(-c2ccc(-c3ccc(-c4nc(-c5ccc(-c6ccccc6)cc5)nc(-c5ccc6c(c5)C(C)(C)c5ccccc5-6)n4)cc3)cc2)n1. The fraction of sp³-hybridized carbons (Fsp3) is 0.104. The van der Waals surface area contributed by atoms with Crippen LogP contribution in [0.5, 0.6) is 0 Å². The molecule has 8 aromatic rings. The van der Waals surface area contributed by atoms with Crippen molar-refractivity contribution in [3.8, 4) is 78.9 Å². The number of nitrogens with zero attached hydrogens (tertiary/aromatic N) is 5. The zero-order valence-electron chi connectivity index (χ0n) is 30.2. The third-order valence-electron chi connectivity index (χ3n) is 10.3. The molecule has 0 atom stereocenters. The van der Waals surface area contributed by atoms with Gasteiger partial charge in [0.15, 0.2) is 23.3 Å². The maximum atomic E-state index is 5.11. The van der Waals surface area contributed by atoms with Gasteiger partial charge in [-0.1, -0.05) is 153 Å². The zero-order chi connectivity index (χ0) is 36.1. The Morgan fingerprint density at radius 2 is 0.698 bits per heavy atom. The van der Waals surface area contributed by atoms with E-state index in [9.17, 15) is 0 Å². The van der Waals surface area contributed by atoms with E-state index in [0.717, 1.165) is 56.2 Å². The summed E-state index contributed by atoms with van der Waals surface area (Å²) in [6.07, 6.45) is 0. The van der Waals surface area contributed by atoms with E-state index >= 15 is 0 Å². The Kier molecular flexibility index (Phi) is 7.85. The van der Waals surface area contributed by atoms with Crippen LogP contribution in [0, 0.1) is 13.8 Å². The first kappa shape index (κ1) is 32.3. The number of aryl methyl sites for hydroxylation is 2. The van der Waals surface area contributed by atoms with Crippen LogP contribution in [0.25, 0.3) is 78.9 Å². The first-order valence-electron chi connectivity index (χ1n) is 18.0. The lowest BCUT2D eigenvalue weighted by atomic mass is 9.82. The number of hydrogen-bond donors (Lipinski definition) is 0. The molecule has 0 saturated carbocycles. The Hall–Kier alpha value is -6.59. The van der Waals surface area contributed by atoms with Crippen LogP contribution in [-0.4, -0.2) is 24.9 Å². The predicted molar refractivity (Wildman–Crippen MR) is 215 cm³/mol. The molecule has 9 rings (SSSR count). The molecule has 254 valence electrons. The van der Waals surface area contributed by atoms with E-state index in [2.05, 4.69) is 163 Å². The fourth-order valence-corrected chi connectivity index (χ4v) is 7.53. The normalized spacial score (nSPS) is 12.7. The van der Waals surface area contributed by atoms with Gasteiger partial charge in [0.2, 0.25) is 0 Å². The Morgan fingerprint density at radius 3 is 1.23 bits per heavy atom. The molecule has 1 aliphatic rings. The van der Waals surface area contributed by atoms with Gasteiger partial charge < -0.3 is 0 Å². The topological polar surface area (TPSA) is 64.5 Å². The van der Waals surface area contributed by atoms with Crippen molar-refractivity contribution in [3.63, 3.8) is 0 Å². The minimum Gasteiger partial charge on any atom is -0.233 e. The van der Waals surface area contributed by atoms with Gasteiger partial charge in [0.25, 0.3) is 0 Å². The Morgan fingerprint density at radius 1 is 0.321 bits per heavy atom. The number of fused-ring (bicyclic) bond motifs is 3. The van der Waals surface area contributed by atoms with E-state index in [1.54, 1.807) is 0 Å². The zero-order valence-corrected chi connectivity index (χ0v) is 30.2. The van der Waals surface area contributed by atoms with Crippen LogP contribution in [0.2, 0.25) is 0 Å². The van der Waals surface area contributed by atoms with E-state index in [-0.39, 0.29) is 5.41 Å². The first-order chi connectivity index (χ1) is 25.8. The van der Waals surface area contributed by atoms with Crippen LogP contribution in [0.4, 0.5) is 0 Å². The van der Waals surface area contributed by atoms with Crippen LogP contribution in [0.3, 0.4) is 0 Å². The average molecular weight is 684 g/mol. The summed E-state index contributed by atoms with van der Waals surface area (Å²) in [5, 5.41) is 0. The molecule has 2 heterocycles. The summed E-state index contributed by atoms with van der Waals surface area (Å²) >= 11 is 0. The Bertz CT molecular complexity index is 2610. The van der Waals surface area contributed by atoms with Gasteiger partial charge >= 0.3 is 0 Å². The summed E-state index contributed by atoms with van der Waals surface area (Å²) < 4.78 is 0. The molecule has 0 bridgehead atoms. The number of benzene rings is 6. The molecule has 5 nitrogen and oxygen atoms in total. The summed E-state index contributed by atoms with van der Waals surface area (Å²) in [5.41, 5.74) is 15.4. The minimum atomic E-state index is -0.131. The Labute approximate surface area is 310 Å². The molecule has 0 radical (unpaired) electrons. The van der Waals surface area contributed by atoms with E-state index in [4.69, 9.17) is 15.0 Å². The maximum absolute atomic E-state index is 5.11. The van der Waals surface area contributed by atoms with Crippen molar-refractivity contribution >= 4 is 0 Å². The van der Waals surface area contributed by atoms with Crippen LogP contribution in [-0.2, 0) is 5.41 Å². The highest BCUT2D eigenvalue weighted by Gasteiger charge is 2.35.